The first kappa shape index (κ1) is 23.5. The quantitative estimate of drug-likeness (QED) is 0.384. The third-order valence-electron chi connectivity index (χ3n) is 4.17. The molecule has 0 radical (unpaired) electrons. The molecular weight excluding hydrogens is 454 g/mol. The van der Waals surface area contributed by atoms with Crippen molar-refractivity contribution in [1.29, 1.82) is 0 Å². The van der Waals surface area contributed by atoms with Gasteiger partial charge in [-0.15, -0.1) is 0 Å². The van der Waals surface area contributed by atoms with Gasteiger partial charge >= 0.3 is 12.4 Å². The molecule has 3 nitrogen and oxygen atoms in total. The van der Waals surface area contributed by atoms with Gasteiger partial charge in [-0.25, -0.2) is 0 Å². The number of benzene rings is 3. The maximum absolute atomic E-state index is 13.0. The molecule has 3 aromatic rings. The van der Waals surface area contributed by atoms with Gasteiger partial charge < -0.3 is 10.6 Å². The zero-order chi connectivity index (χ0) is 23.4. The molecule has 0 aliphatic heterocycles. The van der Waals surface area contributed by atoms with Crippen molar-refractivity contribution in [2.75, 3.05) is 17.2 Å². The van der Waals surface area contributed by atoms with Crippen molar-refractivity contribution < 1.29 is 31.1 Å². The molecule has 0 atom stereocenters. The molecule has 0 spiro atoms. The molecule has 0 bridgehead atoms. The monoisotopic (exact) mass is 470 g/mol. The number of amides is 1. The third-order valence-corrected chi connectivity index (χ3v) is 5.25. The van der Waals surface area contributed by atoms with E-state index in [0.717, 1.165) is 9.79 Å². The molecule has 0 heterocycles. The lowest BCUT2D eigenvalue weighted by atomic mass is 10.1. The molecule has 0 fully saturated rings. The predicted molar refractivity (Wildman–Crippen MR) is 111 cm³/mol. The van der Waals surface area contributed by atoms with Crippen molar-refractivity contribution in [1.82, 2.24) is 0 Å². The first-order valence-electron chi connectivity index (χ1n) is 9.17. The molecule has 0 aliphatic rings. The fourth-order valence-corrected chi connectivity index (χ4v) is 3.67. The van der Waals surface area contributed by atoms with Crippen LogP contribution >= 0.6 is 11.8 Å². The van der Waals surface area contributed by atoms with Crippen LogP contribution in [0.15, 0.2) is 82.6 Å². The fraction of sp³-hybridized carbons (Fsp3) is 0.136. The molecule has 3 rings (SSSR count). The van der Waals surface area contributed by atoms with Crippen LogP contribution in [-0.2, 0) is 17.1 Å². The summed E-state index contributed by atoms with van der Waals surface area (Å²) in [6.07, 6.45) is -9.99. The Morgan fingerprint density at radius 1 is 0.781 bits per heavy atom. The van der Waals surface area contributed by atoms with Crippen LogP contribution in [0.3, 0.4) is 0 Å². The van der Waals surface area contributed by atoms with Crippen LogP contribution in [0.1, 0.15) is 11.1 Å². The van der Waals surface area contributed by atoms with E-state index in [2.05, 4.69) is 10.6 Å². The molecule has 0 aliphatic carbocycles. The minimum Gasteiger partial charge on any atom is -0.375 e. The summed E-state index contributed by atoms with van der Waals surface area (Å²) in [5.41, 5.74) is -3.00. The van der Waals surface area contributed by atoms with Gasteiger partial charge in [0.05, 0.1) is 17.7 Å². The maximum Gasteiger partial charge on any atom is 0.416 e. The molecular formula is C22H16F6N2OS. The van der Waals surface area contributed by atoms with E-state index < -0.39 is 35.1 Å². The third kappa shape index (κ3) is 6.43. The first-order chi connectivity index (χ1) is 15.0. The first-order valence-corrected chi connectivity index (χ1v) is 9.99. The van der Waals surface area contributed by atoms with Crippen molar-refractivity contribution in [3.8, 4) is 0 Å². The Morgan fingerprint density at radius 3 is 1.94 bits per heavy atom. The fourth-order valence-electron chi connectivity index (χ4n) is 2.72. The van der Waals surface area contributed by atoms with Gasteiger partial charge in [-0.2, -0.15) is 26.3 Å². The number of anilines is 2. The molecule has 0 aromatic heterocycles. The minimum atomic E-state index is -4.99. The average molecular weight is 470 g/mol. The van der Waals surface area contributed by atoms with Gasteiger partial charge in [-0.3, -0.25) is 4.79 Å². The number of hydrogen-bond acceptors (Lipinski definition) is 3. The van der Waals surface area contributed by atoms with Crippen LogP contribution < -0.4 is 10.6 Å². The van der Waals surface area contributed by atoms with Gasteiger partial charge in [0.25, 0.3) is 0 Å². The van der Waals surface area contributed by atoms with Crippen molar-refractivity contribution in [3.63, 3.8) is 0 Å². The highest BCUT2D eigenvalue weighted by molar-refractivity contribution is 7.99. The molecule has 32 heavy (non-hydrogen) atoms. The zero-order valence-electron chi connectivity index (χ0n) is 16.2. The van der Waals surface area contributed by atoms with E-state index >= 15 is 0 Å². The molecule has 0 saturated heterocycles. The predicted octanol–water partition coefficient (Wildman–Crippen LogP) is 6.93. The van der Waals surface area contributed by atoms with Crippen LogP contribution in [-0.4, -0.2) is 12.5 Å². The highest BCUT2D eigenvalue weighted by atomic mass is 32.2. The number of rotatable bonds is 6. The van der Waals surface area contributed by atoms with Crippen LogP contribution in [0.5, 0.6) is 0 Å². The lowest BCUT2D eigenvalue weighted by Crippen LogP contribution is -2.22. The molecule has 1 amide bonds. The summed E-state index contributed by atoms with van der Waals surface area (Å²) in [6, 6.07) is 17.4. The second-order valence-corrected chi connectivity index (χ2v) is 7.72. The Labute approximate surface area is 183 Å². The number of nitrogens with one attached hydrogen (secondary N) is 2. The molecule has 168 valence electrons. The van der Waals surface area contributed by atoms with Gasteiger partial charge in [0.15, 0.2) is 0 Å². The average Bonchev–Trinajstić information content (AvgIpc) is 2.72. The van der Waals surface area contributed by atoms with E-state index in [1.807, 2.05) is 36.4 Å². The Balaban J connectivity index is 1.72. The summed E-state index contributed by atoms with van der Waals surface area (Å²) >= 11 is 1.44. The highest BCUT2D eigenvalue weighted by Gasteiger charge is 2.37. The van der Waals surface area contributed by atoms with Gasteiger partial charge in [-0.05, 0) is 42.5 Å². The Bertz CT molecular complexity index is 1050. The molecule has 0 unspecified atom stereocenters. The smallest absolute Gasteiger partial charge is 0.375 e. The number of carbonyl (C=O) groups is 1. The second kappa shape index (κ2) is 9.56. The van der Waals surface area contributed by atoms with E-state index in [-0.39, 0.29) is 12.6 Å². The number of halogens is 6. The zero-order valence-corrected chi connectivity index (χ0v) is 17.0. The van der Waals surface area contributed by atoms with Crippen molar-refractivity contribution >= 4 is 29.0 Å². The Hall–Kier alpha value is -3.14. The molecule has 10 heteroatoms. The normalized spacial score (nSPS) is 11.8. The Morgan fingerprint density at radius 2 is 1.34 bits per heavy atom. The van der Waals surface area contributed by atoms with Gasteiger partial charge in [0.2, 0.25) is 5.91 Å². The van der Waals surface area contributed by atoms with Crippen molar-refractivity contribution in [3.05, 3.63) is 83.9 Å². The van der Waals surface area contributed by atoms with Crippen LogP contribution in [0, 0.1) is 0 Å². The summed E-state index contributed by atoms with van der Waals surface area (Å²) < 4.78 is 77.8. The van der Waals surface area contributed by atoms with Crippen LogP contribution in [0.4, 0.5) is 37.7 Å². The number of para-hydroxylation sites is 1. The van der Waals surface area contributed by atoms with Gasteiger partial charge in [-0.1, -0.05) is 42.1 Å². The Kier molecular flexibility index (Phi) is 7.02. The maximum atomic E-state index is 13.0. The number of alkyl halides is 6. The van der Waals surface area contributed by atoms with E-state index in [1.54, 1.807) is 18.2 Å². The molecule has 2 N–H and O–H groups in total. The second-order valence-electron chi connectivity index (χ2n) is 6.61. The van der Waals surface area contributed by atoms with E-state index in [9.17, 15) is 31.1 Å². The lowest BCUT2D eigenvalue weighted by Gasteiger charge is -2.15. The highest BCUT2D eigenvalue weighted by Crippen LogP contribution is 2.37. The van der Waals surface area contributed by atoms with Crippen LogP contribution in [0.2, 0.25) is 0 Å². The van der Waals surface area contributed by atoms with Crippen LogP contribution in [0.25, 0.3) is 0 Å². The van der Waals surface area contributed by atoms with E-state index in [0.29, 0.717) is 17.8 Å². The van der Waals surface area contributed by atoms with E-state index in [1.165, 1.54) is 11.8 Å². The summed E-state index contributed by atoms with van der Waals surface area (Å²) in [7, 11) is 0. The SMILES string of the molecule is O=C(CNc1ccccc1Sc1ccccc1)Nc1cc(C(F)(F)F)cc(C(F)(F)F)c1. The molecule has 0 saturated carbocycles. The number of hydrogen-bond donors (Lipinski definition) is 2. The topological polar surface area (TPSA) is 41.1 Å². The largest absolute Gasteiger partial charge is 0.416 e. The summed E-state index contributed by atoms with van der Waals surface area (Å²) in [6.45, 7) is -0.357. The summed E-state index contributed by atoms with van der Waals surface area (Å²) in [4.78, 5) is 14.0. The lowest BCUT2D eigenvalue weighted by molar-refractivity contribution is -0.143. The van der Waals surface area contributed by atoms with Crippen molar-refractivity contribution in [2.45, 2.75) is 22.1 Å². The van der Waals surface area contributed by atoms with Crippen molar-refractivity contribution in [2.24, 2.45) is 0 Å². The standard InChI is InChI=1S/C22H16F6N2OS/c23-21(24,25)14-10-15(22(26,27)28)12-16(11-14)30-20(31)13-29-18-8-4-5-9-19(18)32-17-6-2-1-3-7-17/h1-12,29H,13H2,(H,30,31). The minimum absolute atomic E-state index is 0.00492. The molecule has 3 aromatic carbocycles. The van der Waals surface area contributed by atoms with E-state index in [4.69, 9.17) is 0 Å². The summed E-state index contributed by atoms with van der Waals surface area (Å²) in [5, 5.41) is 4.96. The summed E-state index contributed by atoms with van der Waals surface area (Å²) in [5.74, 6) is -0.794. The van der Waals surface area contributed by atoms with Gasteiger partial charge in [0, 0.05) is 21.2 Å². The number of carbonyl (C=O) groups excluding carboxylic acids is 1. The van der Waals surface area contributed by atoms with Gasteiger partial charge in [0.1, 0.15) is 0 Å².